The molecule has 5 nitrogen and oxygen atoms in total. The van der Waals surface area contributed by atoms with Gasteiger partial charge in [0.15, 0.2) is 0 Å². The highest BCUT2D eigenvalue weighted by Crippen LogP contribution is 2.13. The second-order valence-corrected chi connectivity index (χ2v) is 4.52. The van der Waals surface area contributed by atoms with Crippen LogP contribution in [0.5, 0.6) is 0 Å². The molecule has 1 aliphatic heterocycles. The third-order valence-electron chi connectivity index (χ3n) is 3.32. The first-order valence-electron chi connectivity index (χ1n) is 6.53. The lowest BCUT2D eigenvalue weighted by Gasteiger charge is -2.26. The summed E-state index contributed by atoms with van der Waals surface area (Å²) in [6, 6.07) is 1.86. The number of carbonyl (C=O) groups excluding carboxylic acids is 2. The van der Waals surface area contributed by atoms with E-state index in [9.17, 15) is 9.59 Å². The molecular weight excluding hydrogens is 230 g/mol. The van der Waals surface area contributed by atoms with E-state index in [4.69, 9.17) is 0 Å². The van der Waals surface area contributed by atoms with Crippen molar-refractivity contribution in [2.45, 2.75) is 39.7 Å². The van der Waals surface area contributed by atoms with Crippen molar-refractivity contribution in [2.24, 2.45) is 0 Å². The molecule has 1 aromatic rings. The van der Waals surface area contributed by atoms with Gasteiger partial charge in [-0.15, -0.1) is 0 Å². The average molecular weight is 249 g/mol. The number of likely N-dealkylation sites (tertiary alicyclic amines) is 1. The summed E-state index contributed by atoms with van der Waals surface area (Å²) in [4.78, 5) is 25.3. The molecule has 0 saturated carbocycles. The van der Waals surface area contributed by atoms with Gasteiger partial charge in [-0.3, -0.25) is 14.3 Å². The molecule has 0 aromatic carbocycles. The molecule has 98 valence electrons. The van der Waals surface area contributed by atoms with Crippen LogP contribution in [-0.4, -0.2) is 39.5 Å². The van der Waals surface area contributed by atoms with E-state index in [1.165, 1.54) is 0 Å². The molecule has 0 unspecified atom stereocenters. The third kappa shape index (κ3) is 2.44. The van der Waals surface area contributed by atoms with Crippen molar-refractivity contribution in [3.63, 3.8) is 0 Å². The summed E-state index contributed by atoms with van der Waals surface area (Å²) in [5.74, 6) is 0.244. The molecule has 0 bridgehead atoms. The summed E-state index contributed by atoms with van der Waals surface area (Å²) >= 11 is 0. The molecule has 0 atom stereocenters. The predicted octanol–water partition coefficient (Wildman–Crippen LogP) is 1.27. The van der Waals surface area contributed by atoms with Crippen LogP contribution in [0, 0.1) is 0 Å². The zero-order valence-electron chi connectivity index (χ0n) is 11.0. The molecule has 0 N–H and O–H groups in total. The van der Waals surface area contributed by atoms with Gasteiger partial charge in [-0.1, -0.05) is 6.92 Å². The fraction of sp³-hybridized carbons (Fsp3) is 0.615. The Hall–Kier alpha value is -1.65. The van der Waals surface area contributed by atoms with Crippen LogP contribution in [0.3, 0.4) is 0 Å². The van der Waals surface area contributed by atoms with Crippen LogP contribution in [0.25, 0.3) is 0 Å². The first kappa shape index (κ1) is 12.8. The second-order valence-electron chi connectivity index (χ2n) is 4.52. The van der Waals surface area contributed by atoms with Crippen molar-refractivity contribution in [3.8, 4) is 0 Å². The third-order valence-corrected chi connectivity index (χ3v) is 3.32. The van der Waals surface area contributed by atoms with Gasteiger partial charge in [0.1, 0.15) is 11.5 Å². The van der Waals surface area contributed by atoms with Crippen LogP contribution in [0.1, 0.15) is 42.9 Å². The van der Waals surface area contributed by atoms with Crippen LogP contribution < -0.4 is 0 Å². The number of nitrogens with zero attached hydrogens (tertiary/aromatic N) is 3. The van der Waals surface area contributed by atoms with E-state index >= 15 is 0 Å². The molecule has 18 heavy (non-hydrogen) atoms. The van der Waals surface area contributed by atoms with Crippen molar-refractivity contribution >= 4 is 11.7 Å². The summed E-state index contributed by atoms with van der Waals surface area (Å²) in [6.45, 7) is 5.76. The normalized spacial score (nSPS) is 16.1. The number of Topliss-reactive ketones (excluding diaryl/α,β-unsaturated/α-hetero) is 1. The number of carbonyl (C=O) groups is 2. The standard InChI is InChI=1S/C13H19N3O2/c1-3-10-9-12(16(4-2)14-10)13(18)15-7-5-11(17)6-8-15/h9H,3-8H2,1-2H3. The Labute approximate surface area is 107 Å². The van der Waals surface area contributed by atoms with Crippen molar-refractivity contribution in [1.29, 1.82) is 0 Å². The van der Waals surface area contributed by atoms with E-state index in [1.807, 2.05) is 19.9 Å². The lowest BCUT2D eigenvalue weighted by Crippen LogP contribution is -2.39. The minimum Gasteiger partial charge on any atom is -0.336 e. The van der Waals surface area contributed by atoms with Gasteiger partial charge in [0, 0.05) is 32.5 Å². The molecule has 0 spiro atoms. The van der Waals surface area contributed by atoms with Crippen LogP contribution in [0.4, 0.5) is 0 Å². The summed E-state index contributed by atoms with van der Waals surface area (Å²) in [5.41, 5.74) is 1.58. The highest BCUT2D eigenvalue weighted by molar-refractivity contribution is 5.94. The lowest BCUT2D eigenvalue weighted by atomic mass is 10.1. The number of rotatable bonds is 3. The fourth-order valence-corrected chi connectivity index (χ4v) is 2.18. The Balaban J connectivity index is 2.17. The fourth-order valence-electron chi connectivity index (χ4n) is 2.18. The van der Waals surface area contributed by atoms with Crippen LogP contribution >= 0.6 is 0 Å². The molecule has 0 radical (unpaired) electrons. The number of aryl methyl sites for hydroxylation is 2. The second kappa shape index (κ2) is 5.33. The van der Waals surface area contributed by atoms with Gasteiger partial charge in [-0.2, -0.15) is 5.10 Å². The van der Waals surface area contributed by atoms with E-state index in [0.717, 1.165) is 12.1 Å². The number of hydrogen-bond donors (Lipinski definition) is 0. The average Bonchev–Trinajstić information content (AvgIpc) is 2.82. The van der Waals surface area contributed by atoms with Crippen LogP contribution in [0.2, 0.25) is 0 Å². The number of ketones is 1. The molecule has 1 aromatic heterocycles. The quantitative estimate of drug-likeness (QED) is 0.810. The number of aromatic nitrogens is 2. The maximum Gasteiger partial charge on any atom is 0.272 e. The molecule has 1 fully saturated rings. The monoisotopic (exact) mass is 249 g/mol. The maximum absolute atomic E-state index is 12.4. The van der Waals surface area contributed by atoms with Gasteiger partial charge in [0.25, 0.3) is 5.91 Å². The Kier molecular flexibility index (Phi) is 3.79. The van der Waals surface area contributed by atoms with Crippen LogP contribution in [-0.2, 0) is 17.8 Å². The summed E-state index contributed by atoms with van der Waals surface area (Å²) in [5, 5.41) is 4.38. The topological polar surface area (TPSA) is 55.2 Å². The Morgan fingerprint density at radius 1 is 1.33 bits per heavy atom. The van der Waals surface area contributed by atoms with E-state index < -0.39 is 0 Å². The van der Waals surface area contributed by atoms with E-state index in [0.29, 0.717) is 38.2 Å². The minimum absolute atomic E-state index is 0.00319. The summed E-state index contributed by atoms with van der Waals surface area (Å²) < 4.78 is 1.75. The zero-order valence-corrected chi connectivity index (χ0v) is 11.0. The van der Waals surface area contributed by atoms with Crippen molar-refractivity contribution < 1.29 is 9.59 Å². The van der Waals surface area contributed by atoms with Gasteiger partial charge in [-0.25, -0.2) is 0 Å². The van der Waals surface area contributed by atoms with Gasteiger partial charge in [-0.05, 0) is 19.4 Å². The van der Waals surface area contributed by atoms with Gasteiger partial charge >= 0.3 is 0 Å². The maximum atomic E-state index is 12.4. The van der Waals surface area contributed by atoms with Crippen LogP contribution in [0.15, 0.2) is 6.07 Å². The van der Waals surface area contributed by atoms with E-state index in [1.54, 1.807) is 9.58 Å². The number of hydrogen-bond acceptors (Lipinski definition) is 3. The number of amides is 1. The number of piperidine rings is 1. The summed E-state index contributed by atoms with van der Waals surface area (Å²) in [6.07, 6.45) is 1.78. The molecule has 2 rings (SSSR count). The lowest BCUT2D eigenvalue weighted by molar-refractivity contribution is -0.120. The first-order valence-corrected chi connectivity index (χ1v) is 6.53. The van der Waals surface area contributed by atoms with Gasteiger partial charge in [0.05, 0.1) is 5.69 Å². The highest BCUT2D eigenvalue weighted by Gasteiger charge is 2.24. The minimum atomic E-state index is -0.00319. The first-order chi connectivity index (χ1) is 8.65. The zero-order chi connectivity index (χ0) is 13.1. The Morgan fingerprint density at radius 3 is 2.56 bits per heavy atom. The van der Waals surface area contributed by atoms with E-state index in [-0.39, 0.29) is 11.7 Å². The molecule has 1 saturated heterocycles. The Morgan fingerprint density at radius 2 is 2.00 bits per heavy atom. The molecule has 1 aliphatic rings. The SMILES string of the molecule is CCc1cc(C(=O)N2CCC(=O)CC2)n(CC)n1. The van der Waals surface area contributed by atoms with Crippen molar-refractivity contribution in [1.82, 2.24) is 14.7 Å². The summed E-state index contributed by atoms with van der Waals surface area (Å²) in [7, 11) is 0. The molecule has 5 heteroatoms. The van der Waals surface area contributed by atoms with Gasteiger partial charge in [0.2, 0.25) is 0 Å². The Bertz CT molecular complexity index is 455. The molecule has 1 amide bonds. The molecule has 0 aliphatic carbocycles. The largest absolute Gasteiger partial charge is 0.336 e. The van der Waals surface area contributed by atoms with Crippen molar-refractivity contribution in [3.05, 3.63) is 17.5 Å². The van der Waals surface area contributed by atoms with E-state index in [2.05, 4.69) is 5.10 Å². The smallest absolute Gasteiger partial charge is 0.272 e. The van der Waals surface area contributed by atoms with Gasteiger partial charge < -0.3 is 4.90 Å². The molecule has 2 heterocycles. The highest BCUT2D eigenvalue weighted by atomic mass is 16.2. The molecular formula is C13H19N3O2. The predicted molar refractivity (Wildman–Crippen MR) is 67.4 cm³/mol. The van der Waals surface area contributed by atoms with Crippen molar-refractivity contribution in [2.75, 3.05) is 13.1 Å².